The van der Waals surface area contributed by atoms with Gasteiger partial charge in [0.1, 0.15) is 17.5 Å². The standard InChI is InChI=1S/C24H33NO5/c1-14(22(26)27)21(16-6-7-16)17-8-5-15-9-10-19(29-20(15)11-17)18-12-25(13-18)23(28)30-24(2,3)4/h5,8,11,14,16,18-19,21H,6-7,9-10,12-13H2,1-4H3,(H,26,27)/t14-,19?,21-/m0/s1. The Balaban J connectivity index is 1.41. The summed E-state index contributed by atoms with van der Waals surface area (Å²) >= 11 is 0. The Hall–Kier alpha value is -2.24. The number of hydrogen-bond donors (Lipinski definition) is 1. The van der Waals surface area contributed by atoms with Crippen LogP contribution < -0.4 is 4.74 Å². The van der Waals surface area contributed by atoms with E-state index in [0.717, 1.165) is 37.0 Å². The van der Waals surface area contributed by atoms with E-state index in [1.807, 2.05) is 27.7 Å². The first-order chi connectivity index (χ1) is 14.1. The van der Waals surface area contributed by atoms with Crippen molar-refractivity contribution in [2.75, 3.05) is 13.1 Å². The van der Waals surface area contributed by atoms with Crippen molar-refractivity contribution in [3.05, 3.63) is 29.3 Å². The molecule has 1 aliphatic carbocycles. The molecule has 1 aromatic carbocycles. The van der Waals surface area contributed by atoms with Crippen molar-refractivity contribution in [2.45, 2.75) is 71.0 Å². The molecule has 6 nitrogen and oxygen atoms in total. The molecule has 3 atom stereocenters. The van der Waals surface area contributed by atoms with Crippen molar-refractivity contribution in [2.24, 2.45) is 17.8 Å². The first-order valence-electron chi connectivity index (χ1n) is 11.1. The van der Waals surface area contributed by atoms with Crippen LogP contribution >= 0.6 is 0 Å². The van der Waals surface area contributed by atoms with Gasteiger partial charge in [0.05, 0.1) is 5.92 Å². The van der Waals surface area contributed by atoms with Gasteiger partial charge in [0.2, 0.25) is 0 Å². The van der Waals surface area contributed by atoms with Gasteiger partial charge in [-0.3, -0.25) is 4.79 Å². The van der Waals surface area contributed by atoms with Crippen molar-refractivity contribution in [3.63, 3.8) is 0 Å². The number of amides is 1. The fourth-order valence-corrected chi connectivity index (χ4v) is 4.75. The molecule has 1 saturated carbocycles. The lowest BCUT2D eigenvalue weighted by Gasteiger charge is -2.44. The third kappa shape index (κ3) is 4.42. The summed E-state index contributed by atoms with van der Waals surface area (Å²) < 4.78 is 11.8. The second-order valence-electron chi connectivity index (χ2n) is 10.2. The second kappa shape index (κ2) is 7.78. The maximum atomic E-state index is 12.2. The third-order valence-electron chi connectivity index (χ3n) is 6.60. The lowest BCUT2D eigenvalue weighted by molar-refractivity contribution is -0.142. The Morgan fingerprint density at radius 1 is 1.20 bits per heavy atom. The molecule has 1 unspecified atom stereocenters. The van der Waals surface area contributed by atoms with E-state index in [1.165, 1.54) is 5.56 Å². The Bertz CT molecular complexity index is 819. The highest BCUT2D eigenvalue weighted by molar-refractivity contribution is 5.71. The Morgan fingerprint density at radius 2 is 1.90 bits per heavy atom. The number of aliphatic carboxylic acids is 1. The van der Waals surface area contributed by atoms with E-state index in [9.17, 15) is 14.7 Å². The molecule has 30 heavy (non-hydrogen) atoms. The predicted octanol–water partition coefficient (Wildman–Crippen LogP) is 4.46. The van der Waals surface area contributed by atoms with Crippen LogP contribution in [0.15, 0.2) is 18.2 Å². The zero-order valence-corrected chi connectivity index (χ0v) is 18.4. The van der Waals surface area contributed by atoms with Crippen LogP contribution in [-0.2, 0) is 16.0 Å². The monoisotopic (exact) mass is 415 g/mol. The van der Waals surface area contributed by atoms with Gasteiger partial charge in [0, 0.05) is 19.0 Å². The average Bonchev–Trinajstić information content (AvgIpc) is 3.43. The normalized spacial score (nSPS) is 23.6. The molecule has 0 radical (unpaired) electrons. The van der Waals surface area contributed by atoms with Crippen LogP contribution in [0.3, 0.4) is 0 Å². The Labute approximate surface area is 178 Å². The van der Waals surface area contributed by atoms with Crippen LogP contribution in [0.2, 0.25) is 0 Å². The number of hydrogen-bond acceptors (Lipinski definition) is 4. The molecule has 1 saturated heterocycles. The molecule has 4 rings (SSSR count). The van der Waals surface area contributed by atoms with E-state index in [2.05, 4.69) is 18.2 Å². The van der Waals surface area contributed by atoms with Gasteiger partial charge < -0.3 is 19.5 Å². The van der Waals surface area contributed by atoms with Gasteiger partial charge >= 0.3 is 12.1 Å². The van der Waals surface area contributed by atoms with E-state index >= 15 is 0 Å². The molecule has 1 aromatic rings. The van der Waals surface area contributed by atoms with Gasteiger partial charge in [-0.15, -0.1) is 0 Å². The number of fused-ring (bicyclic) bond motifs is 1. The number of carbonyl (C=O) groups is 2. The number of likely N-dealkylation sites (tertiary alicyclic amines) is 1. The summed E-state index contributed by atoms with van der Waals surface area (Å²) in [6, 6.07) is 6.28. The quantitative estimate of drug-likeness (QED) is 0.768. The smallest absolute Gasteiger partial charge is 0.410 e. The molecule has 0 spiro atoms. The van der Waals surface area contributed by atoms with E-state index < -0.39 is 17.5 Å². The highest BCUT2D eigenvalue weighted by Crippen LogP contribution is 2.48. The summed E-state index contributed by atoms with van der Waals surface area (Å²) in [7, 11) is 0. The maximum absolute atomic E-state index is 12.2. The van der Waals surface area contributed by atoms with Crippen molar-refractivity contribution >= 4 is 12.1 Å². The van der Waals surface area contributed by atoms with E-state index in [0.29, 0.717) is 24.9 Å². The average molecular weight is 416 g/mol. The largest absolute Gasteiger partial charge is 0.490 e. The van der Waals surface area contributed by atoms with Gasteiger partial charge in [-0.05, 0) is 75.5 Å². The lowest BCUT2D eigenvalue weighted by Crippen LogP contribution is -2.57. The van der Waals surface area contributed by atoms with Crippen LogP contribution in [0.1, 0.15) is 64.0 Å². The van der Waals surface area contributed by atoms with Crippen molar-refractivity contribution in [1.29, 1.82) is 0 Å². The molecule has 2 fully saturated rings. The minimum absolute atomic E-state index is 0.0446. The SMILES string of the molecule is C[C@H](C(=O)O)[C@H](c1ccc2c(c1)OC(C1CN(C(=O)OC(C)(C)C)C1)CC2)C1CC1. The molecule has 0 bridgehead atoms. The van der Waals surface area contributed by atoms with E-state index in [-0.39, 0.29) is 18.1 Å². The number of nitrogens with zero attached hydrogens (tertiary/aromatic N) is 1. The zero-order chi connectivity index (χ0) is 21.6. The van der Waals surface area contributed by atoms with Gasteiger partial charge in [-0.1, -0.05) is 19.1 Å². The molecule has 0 aromatic heterocycles. The second-order valence-corrected chi connectivity index (χ2v) is 10.2. The number of aryl methyl sites for hydroxylation is 1. The molecule has 1 N–H and O–H groups in total. The Kier molecular flexibility index (Phi) is 5.45. The summed E-state index contributed by atoms with van der Waals surface area (Å²) in [5.41, 5.74) is 1.79. The van der Waals surface area contributed by atoms with Gasteiger partial charge in [0.25, 0.3) is 0 Å². The number of ether oxygens (including phenoxy) is 2. The van der Waals surface area contributed by atoms with E-state index in [4.69, 9.17) is 9.47 Å². The van der Waals surface area contributed by atoms with Gasteiger partial charge in [-0.25, -0.2) is 4.79 Å². The minimum Gasteiger partial charge on any atom is -0.490 e. The van der Waals surface area contributed by atoms with E-state index in [1.54, 1.807) is 4.90 Å². The first kappa shape index (κ1) is 21.0. The molecule has 3 aliphatic rings. The molecule has 1 amide bonds. The lowest BCUT2D eigenvalue weighted by atomic mass is 9.82. The first-order valence-corrected chi connectivity index (χ1v) is 11.1. The summed E-state index contributed by atoms with van der Waals surface area (Å²) in [5, 5.41) is 9.55. The number of carboxylic acid groups (broad SMARTS) is 1. The topological polar surface area (TPSA) is 76.1 Å². The number of rotatable bonds is 5. The van der Waals surface area contributed by atoms with Crippen LogP contribution in [0.25, 0.3) is 0 Å². The molecule has 164 valence electrons. The zero-order valence-electron chi connectivity index (χ0n) is 18.4. The summed E-state index contributed by atoms with van der Waals surface area (Å²) in [6.45, 7) is 8.77. The Morgan fingerprint density at radius 3 is 2.50 bits per heavy atom. The van der Waals surface area contributed by atoms with Crippen LogP contribution in [-0.4, -0.2) is 46.9 Å². The maximum Gasteiger partial charge on any atom is 0.410 e. The van der Waals surface area contributed by atoms with Crippen LogP contribution in [0.5, 0.6) is 5.75 Å². The van der Waals surface area contributed by atoms with Crippen LogP contribution in [0, 0.1) is 17.8 Å². The number of benzene rings is 1. The molecular formula is C24H33NO5. The van der Waals surface area contributed by atoms with Gasteiger partial charge in [0.15, 0.2) is 0 Å². The van der Waals surface area contributed by atoms with Gasteiger partial charge in [-0.2, -0.15) is 0 Å². The fraction of sp³-hybridized carbons (Fsp3) is 0.667. The highest BCUT2D eigenvalue weighted by atomic mass is 16.6. The molecular weight excluding hydrogens is 382 g/mol. The van der Waals surface area contributed by atoms with Crippen molar-refractivity contribution in [3.8, 4) is 5.75 Å². The number of carboxylic acids is 1. The third-order valence-corrected chi connectivity index (χ3v) is 6.60. The van der Waals surface area contributed by atoms with Crippen LogP contribution in [0.4, 0.5) is 4.79 Å². The minimum atomic E-state index is -0.736. The predicted molar refractivity (Wildman–Crippen MR) is 113 cm³/mol. The summed E-state index contributed by atoms with van der Waals surface area (Å²) in [6.07, 6.45) is 3.93. The van der Waals surface area contributed by atoms with Crippen molar-refractivity contribution in [1.82, 2.24) is 4.90 Å². The summed E-state index contributed by atoms with van der Waals surface area (Å²) in [4.78, 5) is 25.6. The molecule has 6 heteroatoms. The highest BCUT2D eigenvalue weighted by Gasteiger charge is 2.42. The van der Waals surface area contributed by atoms with Crippen molar-refractivity contribution < 1.29 is 24.2 Å². The number of carbonyl (C=O) groups excluding carboxylic acids is 1. The molecule has 2 heterocycles. The summed E-state index contributed by atoms with van der Waals surface area (Å²) in [5.74, 6) is 0.573. The fourth-order valence-electron chi connectivity index (χ4n) is 4.75. The molecule has 2 aliphatic heterocycles.